The normalized spacial score (nSPS) is 25.5. The first-order chi connectivity index (χ1) is 18.9. The molecule has 0 unspecified atom stereocenters. The van der Waals surface area contributed by atoms with Crippen LogP contribution in [0.5, 0.6) is 0 Å². The van der Waals surface area contributed by atoms with Crippen molar-refractivity contribution in [3.8, 4) is 0 Å². The quantitative estimate of drug-likeness (QED) is 0.408. The van der Waals surface area contributed by atoms with Gasteiger partial charge in [0.1, 0.15) is 18.8 Å². The molecule has 212 valence electrons. The van der Waals surface area contributed by atoms with Gasteiger partial charge in [0, 0.05) is 30.4 Å². The second kappa shape index (κ2) is 9.10. The molecule has 2 heterocycles. The highest BCUT2D eigenvalue weighted by atomic mass is 19.4. The highest BCUT2D eigenvalue weighted by Crippen LogP contribution is 2.54. The Hall–Kier alpha value is -3.31. The maximum atomic E-state index is 14.2. The lowest BCUT2D eigenvalue weighted by Gasteiger charge is -2.51. The van der Waals surface area contributed by atoms with Crippen LogP contribution in [-0.2, 0) is 31.7 Å². The van der Waals surface area contributed by atoms with Crippen LogP contribution >= 0.6 is 0 Å². The molecule has 2 N–H and O–H groups in total. The van der Waals surface area contributed by atoms with E-state index in [1.807, 2.05) is 0 Å². The molecule has 2 aliphatic carbocycles. The van der Waals surface area contributed by atoms with Crippen molar-refractivity contribution in [3.05, 3.63) is 76.4 Å². The molecular formula is C29H31F4N5O2. The van der Waals surface area contributed by atoms with E-state index in [9.17, 15) is 27.5 Å². The zero-order valence-corrected chi connectivity index (χ0v) is 22.4. The molecule has 11 heteroatoms. The van der Waals surface area contributed by atoms with Crippen molar-refractivity contribution in [1.82, 2.24) is 20.1 Å². The number of aliphatic hydroxyl groups is 1. The number of amides is 1. The largest absolute Gasteiger partial charge is 0.416 e. The number of aromatic nitrogens is 3. The third kappa shape index (κ3) is 4.30. The topological polar surface area (TPSA) is 83.3 Å². The van der Waals surface area contributed by atoms with Crippen molar-refractivity contribution in [2.75, 3.05) is 11.6 Å². The second-order valence-corrected chi connectivity index (χ2v) is 11.9. The van der Waals surface area contributed by atoms with Gasteiger partial charge in [-0.15, -0.1) is 10.2 Å². The van der Waals surface area contributed by atoms with E-state index < -0.39 is 35.3 Å². The molecule has 3 aromatic rings. The third-order valence-corrected chi connectivity index (χ3v) is 8.94. The van der Waals surface area contributed by atoms with Crippen LogP contribution in [0.2, 0.25) is 0 Å². The maximum absolute atomic E-state index is 14.2. The van der Waals surface area contributed by atoms with Crippen molar-refractivity contribution in [2.45, 2.75) is 74.8 Å². The fourth-order valence-electron chi connectivity index (χ4n) is 6.58. The number of halogens is 4. The van der Waals surface area contributed by atoms with Gasteiger partial charge >= 0.3 is 6.18 Å². The summed E-state index contributed by atoms with van der Waals surface area (Å²) in [5, 5.41) is 22.1. The van der Waals surface area contributed by atoms with Gasteiger partial charge in [0.15, 0.2) is 0 Å². The summed E-state index contributed by atoms with van der Waals surface area (Å²) in [6.07, 6.45) is 0.0418. The molecule has 1 amide bonds. The number of alkyl halides is 4. The fraction of sp³-hybridized carbons (Fsp3) is 0.483. The Labute approximate surface area is 229 Å². The summed E-state index contributed by atoms with van der Waals surface area (Å²) in [6, 6.07) is 9.63. The zero-order valence-electron chi connectivity index (χ0n) is 22.4. The van der Waals surface area contributed by atoms with Gasteiger partial charge in [-0.2, -0.15) is 13.2 Å². The third-order valence-electron chi connectivity index (χ3n) is 8.94. The predicted octanol–water partition coefficient (Wildman–Crippen LogP) is 4.81. The minimum Gasteiger partial charge on any atom is -0.387 e. The molecule has 0 spiro atoms. The average Bonchev–Trinajstić information content (AvgIpc) is 3.46. The van der Waals surface area contributed by atoms with E-state index in [1.165, 1.54) is 11.2 Å². The average molecular weight is 558 g/mol. The van der Waals surface area contributed by atoms with E-state index in [4.69, 9.17) is 0 Å². The first-order valence-electron chi connectivity index (χ1n) is 13.4. The number of hydrogen-bond donors (Lipinski definition) is 2. The highest BCUT2D eigenvalue weighted by Gasteiger charge is 2.58. The van der Waals surface area contributed by atoms with E-state index in [0.29, 0.717) is 22.6 Å². The number of carbonyl (C=O) groups excluding carboxylic acids is 1. The number of aryl methyl sites for hydroxylation is 1. The van der Waals surface area contributed by atoms with Gasteiger partial charge in [0.2, 0.25) is 0 Å². The SMILES string of the molecule is Cn1cnnc1C1(c2cccc(N3Cc4c(cc(CNC5(C)CCC5)cc4C(F)(F)F)C3=O)c2)CC(O)(CF)C1. The van der Waals surface area contributed by atoms with Crippen LogP contribution in [0.4, 0.5) is 23.2 Å². The number of nitrogens with one attached hydrogen (secondary N) is 1. The van der Waals surface area contributed by atoms with Crippen LogP contribution in [0.1, 0.15) is 77.5 Å². The lowest BCUT2D eigenvalue weighted by atomic mass is 9.56. The molecular weight excluding hydrogens is 526 g/mol. The molecule has 6 rings (SSSR count). The van der Waals surface area contributed by atoms with Gasteiger partial charge < -0.3 is 19.9 Å². The van der Waals surface area contributed by atoms with E-state index in [0.717, 1.165) is 25.3 Å². The summed E-state index contributed by atoms with van der Waals surface area (Å²) >= 11 is 0. The van der Waals surface area contributed by atoms with Gasteiger partial charge in [0.05, 0.1) is 23.1 Å². The first-order valence-corrected chi connectivity index (χ1v) is 13.4. The molecule has 2 saturated carbocycles. The Kier molecular flexibility index (Phi) is 6.12. The Morgan fingerprint density at radius 3 is 2.50 bits per heavy atom. The summed E-state index contributed by atoms with van der Waals surface area (Å²) in [4.78, 5) is 14.9. The van der Waals surface area contributed by atoms with E-state index in [1.54, 1.807) is 41.9 Å². The van der Waals surface area contributed by atoms with Gasteiger partial charge in [-0.3, -0.25) is 4.79 Å². The Balaban J connectivity index is 1.35. The molecule has 1 aliphatic heterocycles. The number of anilines is 1. The van der Waals surface area contributed by atoms with Crippen molar-refractivity contribution in [3.63, 3.8) is 0 Å². The van der Waals surface area contributed by atoms with Crippen LogP contribution in [-0.4, -0.2) is 43.6 Å². The van der Waals surface area contributed by atoms with Crippen molar-refractivity contribution in [1.29, 1.82) is 0 Å². The highest BCUT2D eigenvalue weighted by molar-refractivity contribution is 6.10. The first kappa shape index (κ1) is 26.9. The number of nitrogens with zero attached hydrogens (tertiary/aromatic N) is 4. The standard InChI is InChI=1S/C29H31F4N5O2/c1-26(7-4-8-26)34-12-18-9-21-22(23(10-18)29(31,32)33)13-38(24(21)39)20-6-3-5-19(11-20)28(14-27(40,15-28)16-30)25-36-35-17-37(25)2/h3,5-6,9-11,17,34,40H,4,7-8,12-16H2,1-2H3. The molecule has 40 heavy (non-hydrogen) atoms. The van der Waals surface area contributed by atoms with Crippen molar-refractivity contribution < 1.29 is 27.5 Å². The van der Waals surface area contributed by atoms with E-state index in [-0.39, 0.29) is 42.6 Å². The van der Waals surface area contributed by atoms with Crippen LogP contribution in [0.3, 0.4) is 0 Å². The molecule has 0 saturated heterocycles. The summed E-state index contributed by atoms with van der Waals surface area (Å²) in [6.45, 7) is 1.16. The van der Waals surface area contributed by atoms with Crippen LogP contribution in [0, 0.1) is 0 Å². The molecule has 3 aliphatic rings. The van der Waals surface area contributed by atoms with Crippen LogP contribution in [0.25, 0.3) is 0 Å². The Morgan fingerprint density at radius 2 is 1.90 bits per heavy atom. The Morgan fingerprint density at radius 1 is 1.15 bits per heavy atom. The smallest absolute Gasteiger partial charge is 0.387 e. The molecule has 7 nitrogen and oxygen atoms in total. The van der Waals surface area contributed by atoms with Gasteiger partial charge in [-0.05, 0) is 80.0 Å². The Bertz CT molecular complexity index is 1470. The summed E-state index contributed by atoms with van der Waals surface area (Å²) < 4.78 is 57.9. The second-order valence-electron chi connectivity index (χ2n) is 11.9. The van der Waals surface area contributed by atoms with Crippen LogP contribution in [0.15, 0.2) is 42.7 Å². The predicted molar refractivity (Wildman–Crippen MR) is 139 cm³/mol. The summed E-state index contributed by atoms with van der Waals surface area (Å²) in [7, 11) is 1.75. The van der Waals surface area contributed by atoms with Gasteiger partial charge in [-0.1, -0.05) is 12.1 Å². The summed E-state index contributed by atoms with van der Waals surface area (Å²) in [5.74, 6) is 0.0337. The molecule has 0 bridgehead atoms. The number of hydrogen-bond acceptors (Lipinski definition) is 5. The molecule has 1 aromatic heterocycles. The fourth-order valence-corrected chi connectivity index (χ4v) is 6.58. The minimum absolute atomic E-state index is 0.0417. The van der Waals surface area contributed by atoms with Gasteiger partial charge in [0.25, 0.3) is 5.91 Å². The van der Waals surface area contributed by atoms with E-state index in [2.05, 4.69) is 22.4 Å². The monoisotopic (exact) mass is 557 g/mol. The zero-order chi connectivity index (χ0) is 28.5. The number of rotatable bonds is 7. The minimum atomic E-state index is -4.61. The number of benzene rings is 2. The molecule has 2 aromatic carbocycles. The van der Waals surface area contributed by atoms with Crippen molar-refractivity contribution in [2.24, 2.45) is 7.05 Å². The van der Waals surface area contributed by atoms with Crippen LogP contribution < -0.4 is 10.2 Å². The maximum Gasteiger partial charge on any atom is 0.416 e. The molecule has 0 atom stereocenters. The number of carbonyl (C=O) groups is 1. The molecule has 2 fully saturated rings. The van der Waals surface area contributed by atoms with Crippen molar-refractivity contribution >= 4 is 11.6 Å². The summed E-state index contributed by atoms with van der Waals surface area (Å²) in [5.41, 5.74) is -1.73. The van der Waals surface area contributed by atoms with Gasteiger partial charge in [-0.25, -0.2) is 4.39 Å². The lowest BCUT2D eigenvalue weighted by molar-refractivity contribution is -0.138. The lowest BCUT2D eigenvalue weighted by Crippen LogP contribution is -2.57. The van der Waals surface area contributed by atoms with E-state index >= 15 is 0 Å². The number of fused-ring (bicyclic) bond motifs is 1. The molecule has 0 radical (unpaired) electrons.